The van der Waals surface area contributed by atoms with Crippen molar-refractivity contribution in [1.29, 1.82) is 0 Å². The molecule has 1 aromatic carbocycles. The molecule has 0 spiro atoms. The summed E-state index contributed by atoms with van der Waals surface area (Å²) in [6.07, 6.45) is 1.52. The zero-order valence-electron chi connectivity index (χ0n) is 8.55. The predicted octanol–water partition coefficient (Wildman–Crippen LogP) is 2.25. The molecule has 0 aliphatic carbocycles. The van der Waals surface area contributed by atoms with Crippen molar-refractivity contribution in [1.82, 2.24) is 0 Å². The van der Waals surface area contributed by atoms with E-state index in [0.717, 1.165) is 11.9 Å². The molecule has 0 saturated carbocycles. The topological polar surface area (TPSA) is 40.5 Å². The first-order chi connectivity index (χ1) is 7.24. The van der Waals surface area contributed by atoms with E-state index in [9.17, 15) is 4.79 Å². The maximum atomic E-state index is 11.8. The highest BCUT2D eigenvalue weighted by molar-refractivity contribution is 6.08. The fraction of sp³-hybridized carbons (Fsp3) is 0.250. The molecule has 1 fully saturated rings. The number of para-hydroxylation sites is 1. The van der Waals surface area contributed by atoms with Crippen LogP contribution in [-0.2, 0) is 4.79 Å². The van der Waals surface area contributed by atoms with Crippen molar-refractivity contribution < 1.29 is 9.90 Å². The summed E-state index contributed by atoms with van der Waals surface area (Å²) >= 11 is 0. The first-order valence-corrected chi connectivity index (χ1v) is 4.96. The number of carbonyl (C=O) groups is 1. The Kier molecular flexibility index (Phi) is 2.46. The SMILES string of the molecule is CC1CC(=CO)C(=O)N1c1ccccc1. The van der Waals surface area contributed by atoms with Crippen LogP contribution in [0.1, 0.15) is 13.3 Å². The fourth-order valence-electron chi connectivity index (χ4n) is 1.92. The van der Waals surface area contributed by atoms with Crippen LogP contribution in [-0.4, -0.2) is 17.1 Å². The molecule has 1 unspecified atom stereocenters. The Labute approximate surface area is 88.6 Å². The summed E-state index contributed by atoms with van der Waals surface area (Å²) in [6.45, 7) is 1.97. The van der Waals surface area contributed by atoms with E-state index in [0.29, 0.717) is 12.0 Å². The van der Waals surface area contributed by atoms with E-state index >= 15 is 0 Å². The van der Waals surface area contributed by atoms with Gasteiger partial charge in [-0.25, -0.2) is 0 Å². The lowest BCUT2D eigenvalue weighted by atomic mass is 10.2. The highest BCUT2D eigenvalue weighted by Gasteiger charge is 2.33. The molecule has 0 radical (unpaired) electrons. The number of anilines is 1. The summed E-state index contributed by atoms with van der Waals surface area (Å²) < 4.78 is 0. The molecular formula is C12H13NO2. The molecule has 1 aliphatic rings. The average molecular weight is 203 g/mol. The normalized spacial score (nSPS) is 23.8. The molecule has 0 aromatic heterocycles. The van der Waals surface area contributed by atoms with E-state index in [-0.39, 0.29) is 11.9 Å². The van der Waals surface area contributed by atoms with Gasteiger partial charge in [0, 0.05) is 18.2 Å². The van der Waals surface area contributed by atoms with Crippen LogP contribution >= 0.6 is 0 Å². The summed E-state index contributed by atoms with van der Waals surface area (Å²) in [6, 6.07) is 9.62. The Morgan fingerprint density at radius 3 is 2.60 bits per heavy atom. The molecule has 1 amide bonds. The van der Waals surface area contributed by atoms with Crippen molar-refractivity contribution in [3.8, 4) is 0 Å². The maximum Gasteiger partial charge on any atom is 0.257 e. The van der Waals surface area contributed by atoms with Gasteiger partial charge in [-0.2, -0.15) is 0 Å². The van der Waals surface area contributed by atoms with Gasteiger partial charge in [0.25, 0.3) is 5.91 Å². The summed E-state index contributed by atoms with van der Waals surface area (Å²) in [5, 5.41) is 8.91. The third kappa shape index (κ3) is 1.61. The molecule has 1 heterocycles. The number of aliphatic hydroxyl groups is 1. The Balaban J connectivity index is 2.35. The van der Waals surface area contributed by atoms with Crippen molar-refractivity contribution in [2.45, 2.75) is 19.4 Å². The van der Waals surface area contributed by atoms with Crippen LogP contribution in [0.4, 0.5) is 5.69 Å². The first kappa shape index (κ1) is 9.77. The Morgan fingerprint density at radius 2 is 2.07 bits per heavy atom. The van der Waals surface area contributed by atoms with Crippen molar-refractivity contribution in [2.24, 2.45) is 0 Å². The lowest BCUT2D eigenvalue weighted by molar-refractivity contribution is -0.114. The highest BCUT2D eigenvalue weighted by atomic mass is 16.2. The van der Waals surface area contributed by atoms with Gasteiger partial charge in [-0.05, 0) is 19.1 Å². The van der Waals surface area contributed by atoms with Gasteiger partial charge in [-0.3, -0.25) is 4.79 Å². The van der Waals surface area contributed by atoms with E-state index in [1.165, 1.54) is 0 Å². The molecule has 3 heteroatoms. The van der Waals surface area contributed by atoms with E-state index in [1.807, 2.05) is 37.3 Å². The fourth-order valence-corrected chi connectivity index (χ4v) is 1.92. The number of hydrogen-bond donors (Lipinski definition) is 1. The molecular weight excluding hydrogens is 190 g/mol. The van der Waals surface area contributed by atoms with Crippen molar-refractivity contribution in [3.05, 3.63) is 42.2 Å². The quantitative estimate of drug-likeness (QED) is 0.561. The van der Waals surface area contributed by atoms with Crippen LogP contribution in [0.2, 0.25) is 0 Å². The van der Waals surface area contributed by atoms with Crippen molar-refractivity contribution in [3.63, 3.8) is 0 Å². The molecule has 1 atom stereocenters. The summed E-state index contributed by atoms with van der Waals surface area (Å²) in [7, 11) is 0. The minimum atomic E-state index is -0.101. The number of aliphatic hydroxyl groups excluding tert-OH is 1. The van der Waals surface area contributed by atoms with Crippen LogP contribution < -0.4 is 4.90 Å². The molecule has 3 nitrogen and oxygen atoms in total. The zero-order valence-corrected chi connectivity index (χ0v) is 8.55. The molecule has 1 N–H and O–H groups in total. The van der Waals surface area contributed by atoms with Crippen LogP contribution in [0.15, 0.2) is 42.2 Å². The third-order valence-corrected chi connectivity index (χ3v) is 2.64. The average Bonchev–Trinajstić information content (AvgIpc) is 2.55. The van der Waals surface area contributed by atoms with Gasteiger partial charge in [-0.15, -0.1) is 0 Å². The Morgan fingerprint density at radius 1 is 1.40 bits per heavy atom. The highest BCUT2D eigenvalue weighted by Crippen LogP contribution is 2.29. The van der Waals surface area contributed by atoms with E-state index in [4.69, 9.17) is 5.11 Å². The monoisotopic (exact) mass is 203 g/mol. The van der Waals surface area contributed by atoms with Gasteiger partial charge in [-0.1, -0.05) is 18.2 Å². The van der Waals surface area contributed by atoms with Gasteiger partial charge >= 0.3 is 0 Å². The van der Waals surface area contributed by atoms with Crippen molar-refractivity contribution >= 4 is 11.6 Å². The minimum absolute atomic E-state index is 0.101. The molecule has 1 aromatic rings. The number of nitrogens with zero attached hydrogens (tertiary/aromatic N) is 1. The lowest BCUT2D eigenvalue weighted by Gasteiger charge is -2.20. The molecule has 15 heavy (non-hydrogen) atoms. The summed E-state index contributed by atoms with van der Waals surface area (Å²) in [5.74, 6) is -0.101. The van der Waals surface area contributed by atoms with E-state index in [2.05, 4.69) is 0 Å². The van der Waals surface area contributed by atoms with Crippen LogP contribution in [0.5, 0.6) is 0 Å². The first-order valence-electron chi connectivity index (χ1n) is 4.96. The maximum absolute atomic E-state index is 11.8. The van der Waals surface area contributed by atoms with Crippen LogP contribution in [0, 0.1) is 0 Å². The Hall–Kier alpha value is -1.77. The van der Waals surface area contributed by atoms with Gasteiger partial charge in [0.15, 0.2) is 0 Å². The van der Waals surface area contributed by atoms with Crippen LogP contribution in [0.25, 0.3) is 0 Å². The second kappa shape index (κ2) is 3.77. The molecule has 0 bridgehead atoms. The molecule has 1 aliphatic heterocycles. The van der Waals surface area contributed by atoms with Gasteiger partial charge in [0.05, 0.1) is 11.8 Å². The number of carbonyl (C=O) groups excluding carboxylic acids is 1. The van der Waals surface area contributed by atoms with Crippen molar-refractivity contribution in [2.75, 3.05) is 4.90 Å². The largest absolute Gasteiger partial charge is 0.515 e. The molecule has 78 valence electrons. The molecule has 1 saturated heterocycles. The van der Waals surface area contributed by atoms with Gasteiger partial charge in [0.1, 0.15) is 0 Å². The number of rotatable bonds is 1. The smallest absolute Gasteiger partial charge is 0.257 e. The summed E-state index contributed by atoms with van der Waals surface area (Å²) in [4.78, 5) is 13.6. The minimum Gasteiger partial charge on any atom is -0.515 e. The third-order valence-electron chi connectivity index (χ3n) is 2.64. The van der Waals surface area contributed by atoms with Crippen LogP contribution in [0.3, 0.4) is 0 Å². The zero-order chi connectivity index (χ0) is 10.8. The lowest BCUT2D eigenvalue weighted by Crippen LogP contribution is -2.30. The van der Waals surface area contributed by atoms with E-state index in [1.54, 1.807) is 4.90 Å². The van der Waals surface area contributed by atoms with E-state index < -0.39 is 0 Å². The summed E-state index contributed by atoms with van der Waals surface area (Å²) in [5.41, 5.74) is 1.36. The predicted molar refractivity (Wildman–Crippen MR) is 58.7 cm³/mol. The number of amides is 1. The molecule has 2 rings (SSSR count). The second-order valence-corrected chi connectivity index (χ2v) is 3.72. The second-order valence-electron chi connectivity index (χ2n) is 3.72. The Bertz CT molecular complexity index is 397. The number of benzene rings is 1. The van der Waals surface area contributed by atoms with Gasteiger partial charge < -0.3 is 10.0 Å². The standard InChI is InChI=1S/C12H13NO2/c1-9-7-10(8-14)12(15)13(9)11-5-3-2-4-6-11/h2-6,8-9,14H,7H2,1H3. The van der Waals surface area contributed by atoms with Gasteiger partial charge in [0.2, 0.25) is 0 Å². The number of hydrogen-bond acceptors (Lipinski definition) is 2.